The van der Waals surface area contributed by atoms with Gasteiger partial charge in [0.05, 0.1) is 0 Å². The number of hydrogen-bond donors (Lipinski definition) is 1. The van der Waals surface area contributed by atoms with E-state index in [1.165, 1.54) is 36.9 Å². The van der Waals surface area contributed by atoms with Crippen molar-refractivity contribution < 1.29 is 0 Å². The molecule has 0 spiro atoms. The maximum absolute atomic E-state index is 4.83. The van der Waals surface area contributed by atoms with Crippen molar-refractivity contribution in [3.63, 3.8) is 0 Å². The molecule has 0 radical (unpaired) electrons. The lowest BCUT2D eigenvalue weighted by Crippen LogP contribution is -2.26. The third kappa shape index (κ3) is 2.41. The van der Waals surface area contributed by atoms with Crippen LogP contribution in [0.25, 0.3) is 0 Å². The lowest BCUT2D eigenvalue weighted by Gasteiger charge is -2.33. The van der Waals surface area contributed by atoms with Crippen LogP contribution < -0.4 is 5.32 Å². The molecule has 0 bridgehead atoms. The molecule has 3 nitrogen and oxygen atoms in total. The Morgan fingerprint density at radius 3 is 2.83 bits per heavy atom. The zero-order valence-electron chi connectivity index (χ0n) is 11.5. The van der Waals surface area contributed by atoms with Gasteiger partial charge in [-0.3, -0.25) is 0 Å². The minimum Gasteiger partial charge on any atom is -0.312 e. The molecule has 3 rings (SSSR count). The predicted molar refractivity (Wildman–Crippen MR) is 72.4 cm³/mol. The van der Waals surface area contributed by atoms with Gasteiger partial charge < -0.3 is 5.32 Å². The SMILES string of the molecule is CC1(C)CCC(c2ncc3c(n2)CCNC3)CC1. The highest BCUT2D eigenvalue weighted by Gasteiger charge is 2.29. The molecular formula is C15H23N3. The molecule has 0 unspecified atom stereocenters. The Morgan fingerprint density at radius 1 is 1.28 bits per heavy atom. The van der Waals surface area contributed by atoms with Crippen LogP contribution in [0.1, 0.15) is 62.5 Å². The van der Waals surface area contributed by atoms with E-state index in [2.05, 4.69) is 24.1 Å². The summed E-state index contributed by atoms with van der Waals surface area (Å²) in [6.07, 6.45) is 8.22. The maximum atomic E-state index is 4.83. The van der Waals surface area contributed by atoms with Crippen molar-refractivity contribution in [1.82, 2.24) is 15.3 Å². The van der Waals surface area contributed by atoms with Gasteiger partial charge in [-0.2, -0.15) is 0 Å². The topological polar surface area (TPSA) is 37.8 Å². The first-order valence-corrected chi connectivity index (χ1v) is 7.19. The van der Waals surface area contributed by atoms with E-state index in [4.69, 9.17) is 4.98 Å². The molecule has 3 heteroatoms. The van der Waals surface area contributed by atoms with Crippen LogP contribution in [-0.2, 0) is 13.0 Å². The van der Waals surface area contributed by atoms with Gasteiger partial charge in [-0.15, -0.1) is 0 Å². The van der Waals surface area contributed by atoms with Crippen LogP contribution in [0.5, 0.6) is 0 Å². The molecule has 2 aliphatic rings. The summed E-state index contributed by atoms with van der Waals surface area (Å²) in [7, 11) is 0. The third-order valence-corrected chi connectivity index (χ3v) is 4.53. The van der Waals surface area contributed by atoms with Gasteiger partial charge in [0.2, 0.25) is 0 Å². The summed E-state index contributed by atoms with van der Waals surface area (Å²) in [4.78, 5) is 9.45. The molecule has 0 saturated heterocycles. The van der Waals surface area contributed by atoms with Crippen LogP contribution in [0.2, 0.25) is 0 Å². The van der Waals surface area contributed by atoms with Crippen molar-refractivity contribution in [2.75, 3.05) is 6.54 Å². The molecule has 0 amide bonds. The fourth-order valence-corrected chi connectivity index (χ4v) is 3.11. The lowest BCUT2D eigenvalue weighted by atomic mass is 9.73. The Kier molecular flexibility index (Phi) is 3.10. The second kappa shape index (κ2) is 4.61. The molecule has 1 aliphatic heterocycles. The lowest BCUT2D eigenvalue weighted by molar-refractivity contribution is 0.220. The summed E-state index contributed by atoms with van der Waals surface area (Å²) in [6, 6.07) is 0. The molecule has 2 heterocycles. The standard InChI is InChI=1S/C15H23N3/c1-15(2)6-3-11(4-7-15)14-17-10-12-9-16-8-5-13(12)18-14/h10-11,16H,3-9H2,1-2H3. The molecule has 1 aromatic heterocycles. The summed E-state index contributed by atoms with van der Waals surface area (Å²) in [5, 5.41) is 3.37. The van der Waals surface area contributed by atoms with Gasteiger partial charge in [-0.25, -0.2) is 9.97 Å². The minimum atomic E-state index is 0.522. The first-order valence-electron chi connectivity index (χ1n) is 7.19. The van der Waals surface area contributed by atoms with E-state index >= 15 is 0 Å². The number of aromatic nitrogens is 2. The first kappa shape index (κ1) is 12.1. The fourth-order valence-electron chi connectivity index (χ4n) is 3.11. The molecule has 1 saturated carbocycles. The van der Waals surface area contributed by atoms with E-state index in [-0.39, 0.29) is 0 Å². The Bertz CT molecular complexity index is 429. The normalized spacial score (nSPS) is 23.7. The average Bonchev–Trinajstić information content (AvgIpc) is 2.38. The summed E-state index contributed by atoms with van der Waals surface area (Å²) in [6.45, 7) is 6.75. The van der Waals surface area contributed by atoms with Crippen molar-refractivity contribution >= 4 is 0 Å². The van der Waals surface area contributed by atoms with Crippen LogP contribution in [0, 0.1) is 5.41 Å². The minimum absolute atomic E-state index is 0.522. The van der Waals surface area contributed by atoms with E-state index < -0.39 is 0 Å². The molecule has 1 N–H and O–H groups in total. The van der Waals surface area contributed by atoms with Gasteiger partial charge in [0.1, 0.15) is 5.82 Å². The Hall–Kier alpha value is -0.960. The van der Waals surface area contributed by atoms with Gasteiger partial charge in [-0.1, -0.05) is 13.8 Å². The second-order valence-corrected chi connectivity index (χ2v) is 6.57. The Balaban J connectivity index is 1.77. The van der Waals surface area contributed by atoms with Crippen molar-refractivity contribution in [1.29, 1.82) is 0 Å². The van der Waals surface area contributed by atoms with Crippen molar-refractivity contribution in [3.05, 3.63) is 23.3 Å². The smallest absolute Gasteiger partial charge is 0.131 e. The van der Waals surface area contributed by atoms with E-state index in [1.54, 1.807) is 0 Å². The predicted octanol–water partition coefficient (Wildman–Crippen LogP) is 2.81. The molecule has 1 fully saturated rings. The molecule has 0 aromatic carbocycles. The van der Waals surface area contributed by atoms with Gasteiger partial charge in [-0.05, 0) is 31.1 Å². The molecule has 1 aliphatic carbocycles. The number of hydrogen-bond acceptors (Lipinski definition) is 3. The average molecular weight is 245 g/mol. The summed E-state index contributed by atoms with van der Waals surface area (Å²) < 4.78 is 0. The summed E-state index contributed by atoms with van der Waals surface area (Å²) >= 11 is 0. The number of rotatable bonds is 1. The first-order chi connectivity index (χ1) is 8.64. The Labute approximate surface area is 109 Å². The van der Waals surface area contributed by atoms with Crippen molar-refractivity contribution in [3.8, 4) is 0 Å². The van der Waals surface area contributed by atoms with Crippen LogP contribution in [0.4, 0.5) is 0 Å². The highest BCUT2D eigenvalue weighted by atomic mass is 14.9. The highest BCUT2D eigenvalue weighted by Crippen LogP contribution is 2.41. The zero-order chi connectivity index (χ0) is 12.6. The van der Waals surface area contributed by atoms with Crippen LogP contribution in [0.15, 0.2) is 6.20 Å². The van der Waals surface area contributed by atoms with Crippen molar-refractivity contribution in [2.24, 2.45) is 5.41 Å². The van der Waals surface area contributed by atoms with E-state index in [9.17, 15) is 0 Å². The summed E-state index contributed by atoms with van der Waals surface area (Å²) in [5.41, 5.74) is 3.10. The molecule has 98 valence electrons. The van der Waals surface area contributed by atoms with Gasteiger partial charge in [0.25, 0.3) is 0 Å². The van der Waals surface area contributed by atoms with Crippen LogP contribution in [-0.4, -0.2) is 16.5 Å². The van der Waals surface area contributed by atoms with Crippen molar-refractivity contribution in [2.45, 2.75) is 58.4 Å². The van der Waals surface area contributed by atoms with Gasteiger partial charge >= 0.3 is 0 Å². The number of nitrogens with zero attached hydrogens (tertiary/aromatic N) is 2. The quantitative estimate of drug-likeness (QED) is 0.826. The number of fused-ring (bicyclic) bond motifs is 1. The monoisotopic (exact) mass is 245 g/mol. The van der Waals surface area contributed by atoms with Gasteiger partial charge in [0.15, 0.2) is 0 Å². The highest BCUT2D eigenvalue weighted by molar-refractivity contribution is 5.21. The maximum Gasteiger partial charge on any atom is 0.131 e. The van der Waals surface area contributed by atoms with E-state index in [0.717, 1.165) is 25.3 Å². The second-order valence-electron chi connectivity index (χ2n) is 6.57. The van der Waals surface area contributed by atoms with E-state index in [0.29, 0.717) is 11.3 Å². The molecule has 18 heavy (non-hydrogen) atoms. The molecular weight excluding hydrogens is 222 g/mol. The number of nitrogens with one attached hydrogen (secondary N) is 1. The van der Waals surface area contributed by atoms with E-state index in [1.807, 2.05) is 6.20 Å². The third-order valence-electron chi connectivity index (χ3n) is 4.53. The Morgan fingerprint density at radius 2 is 2.06 bits per heavy atom. The van der Waals surface area contributed by atoms with Gasteiger partial charge in [0, 0.05) is 42.9 Å². The summed E-state index contributed by atoms with van der Waals surface area (Å²) in [5.74, 6) is 1.70. The zero-order valence-corrected chi connectivity index (χ0v) is 11.5. The van der Waals surface area contributed by atoms with Crippen LogP contribution in [0.3, 0.4) is 0 Å². The van der Waals surface area contributed by atoms with Crippen LogP contribution >= 0.6 is 0 Å². The fraction of sp³-hybridized carbons (Fsp3) is 0.733. The largest absolute Gasteiger partial charge is 0.312 e. The molecule has 1 aromatic rings. The molecule has 0 atom stereocenters.